The topological polar surface area (TPSA) is 90.1 Å². The molecule has 0 spiro atoms. The predicted molar refractivity (Wildman–Crippen MR) is 155 cm³/mol. The van der Waals surface area contributed by atoms with E-state index in [9.17, 15) is 14.0 Å². The molecule has 4 rings (SSSR count). The van der Waals surface area contributed by atoms with Crippen molar-refractivity contribution in [1.82, 2.24) is 25.5 Å². The van der Waals surface area contributed by atoms with E-state index in [-0.39, 0.29) is 20.2 Å². The van der Waals surface area contributed by atoms with E-state index in [0.29, 0.717) is 41.6 Å². The Balaban J connectivity index is 0.00000196. The van der Waals surface area contributed by atoms with E-state index in [1.165, 1.54) is 12.5 Å². The lowest BCUT2D eigenvalue weighted by atomic mass is 9.63. The highest BCUT2D eigenvalue weighted by Crippen LogP contribution is 2.46. The molecule has 0 bridgehead atoms. The lowest BCUT2D eigenvalue weighted by Crippen LogP contribution is -2.50. The second-order valence-corrected chi connectivity index (χ2v) is 11.6. The first-order valence-electron chi connectivity index (χ1n) is 14.2. The number of aromatic amines is 1. The lowest BCUT2D eigenvalue weighted by Gasteiger charge is -2.42. The molecule has 1 aromatic heterocycles. The average Bonchev–Trinajstić information content (AvgIpc) is 3.30. The number of nitrogens with zero attached hydrogens (tertiary/aromatic N) is 2. The summed E-state index contributed by atoms with van der Waals surface area (Å²) in [5, 5.41) is 5.96. The maximum absolute atomic E-state index is 14.1. The second-order valence-electron chi connectivity index (χ2n) is 11.6. The van der Waals surface area contributed by atoms with Gasteiger partial charge in [-0.25, -0.2) is 9.37 Å². The Morgan fingerprint density at radius 2 is 1.97 bits per heavy atom. The zero-order chi connectivity index (χ0) is 28.0. The molecule has 3 N–H and O–H groups in total. The van der Waals surface area contributed by atoms with E-state index < -0.39 is 17.9 Å². The number of halogens is 1. The predicted octanol–water partition coefficient (Wildman–Crippen LogP) is 6.49. The smallest absolute Gasteiger partial charge is 0.243 e. The van der Waals surface area contributed by atoms with Crippen molar-refractivity contribution < 1.29 is 16.8 Å². The highest BCUT2D eigenvalue weighted by molar-refractivity contribution is 5.88. The van der Waals surface area contributed by atoms with Gasteiger partial charge in [-0.3, -0.25) is 9.59 Å². The zero-order valence-corrected chi connectivity index (χ0v) is 24.0. The molecule has 0 radical (unpaired) electrons. The van der Waals surface area contributed by atoms with Crippen LogP contribution in [-0.2, 0) is 9.59 Å². The zero-order valence-electron chi connectivity index (χ0n) is 24.0. The third-order valence-corrected chi connectivity index (χ3v) is 7.71. The molecule has 1 saturated carbocycles. The van der Waals surface area contributed by atoms with Gasteiger partial charge in [-0.05, 0) is 69.4 Å². The summed E-state index contributed by atoms with van der Waals surface area (Å²) in [6, 6.07) is 3.86. The maximum Gasteiger partial charge on any atom is 0.243 e. The fraction of sp³-hybridized carbons (Fsp3) is 0.633. The van der Waals surface area contributed by atoms with Crippen LogP contribution in [0.15, 0.2) is 30.5 Å². The first-order valence-corrected chi connectivity index (χ1v) is 14.2. The minimum Gasteiger partial charge on any atom is -0.373 e. The van der Waals surface area contributed by atoms with Crippen LogP contribution in [0.25, 0.3) is 11.0 Å². The monoisotopic (exact) mass is 531 g/mol. The Hall–Kier alpha value is -2.90. The molecular weight excluding hydrogens is 481 g/mol. The van der Waals surface area contributed by atoms with Crippen LogP contribution in [0.2, 0.25) is 0 Å². The molecule has 1 aliphatic carbocycles. The quantitative estimate of drug-likeness (QED) is 0.345. The Bertz CT molecular complexity index is 1130. The molecule has 7 nitrogen and oxygen atoms in total. The van der Waals surface area contributed by atoms with Crippen molar-refractivity contribution in [2.75, 3.05) is 6.54 Å². The normalized spacial score (nSPS) is 20.5. The molecular formula is C30H50FN5O2. The molecule has 1 saturated heterocycles. The fourth-order valence-electron chi connectivity index (χ4n) is 5.90. The number of hydrogen-bond acceptors (Lipinski definition) is 4. The molecule has 214 valence electrons. The molecule has 1 aromatic carbocycles. The molecule has 1 aliphatic heterocycles. The minimum atomic E-state index is -0.740. The first kappa shape index (κ1) is 29.7. The van der Waals surface area contributed by atoms with Gasteiger partial charge in [0.25, 0.3) is 0 Å². The number of piperidine rings is 1. The van der Waals surface area contributed by atoms with Crippen molar-refractivity contribution in [2.24, 2.45) is 11.3 Å². The average molecular weight is 532 g/mol. The summed E-state index contributed by atoms with van der Waals surface area (Å²) < 4.78 is 14.1. The van der Waals surface area contributed by atoms with Gasteiger partial charge in [0.2, 0.25) is 11.8 Å². The second kappa shape index (κ2) is 12.8. The molecule has 2 aliphatic rings. The van der Waals surface area contributed by atoms with E-state index >= 15 is 0 Å². The number of aromatic nitrogens is 2. The van der Waals surface area contributed by atoms with Crippen LogP contribution >= 0.6 is 0 Å². The van der Waals surface area contributed by atoms with Crippen LogP contribution in [0.1, 0.15) is 101 Å². The van der Waals surface area contributed by atoms with Crippen LogP contribution in [0.4, 0.5) is 4.39 Å². The Morgan fingerprint density at radius 3 is 2.61 bits per heavy atom. The molecule has 38 heavy (non-hydrogen) atoms. The molecule has 8 heteroatoms. The Morgan fingerprint density at radius 1 is 1.26 bits per heavy atom. The Kier molecular flexibility index (Phi) is 9.96. The van der Waals surface area contributed by atoms with Crippen molar-refractivity contribution in [2.45, 2.75) is 105 Å². The van der Waals surface area contributed by atoms with Gasteiger partial charge in [0, 0.05) is 34.0 Å². The Labute approximate surface area is 230 Å². The van der Waals surface area contributed by atoms with Crippen LogP contribution in [-0.4, -0.2) is 45.3 Å². The molecule has 0 unspecified atom stereocenters. The van der Waals surface area contributed by atoms with E-state index in [1.54, 1.807) is 19.1 Å². The number of carbonyl (C=O) groups is 2. The van der Waals surface area contributed by atoms with Crippen molar-refractivity contribution in [3.8, 4) is 0 Å². The number of amides is 2. The van der Waals surface area contributed by atoms with Gasteiger partial charge >= 0.3 is 0 Å². The number of carbonyl (C=O) groups excluding carboxylic acids is 2. The van der Waals surface area contributed by atoms with E-state index in [4.69, 9.17) is 0 Å². The molecule has 2 heterocycles. The van der Waals surface area contributed by atoms with E-state index in [1.807, 2.05) is 13.8 Å². The highest BCUT2D eigenvalue weighted by Gasteiger charge is 2.37. The lowest BCUT2D eigenvalue weighted by molar-refractivity contribution is -0.130. The third-order valence-electron chi connectivity index (χ3n) is 7.71. The van der Waals surface area contributed by atoms with Crippen LogP contribution < -0.4 is 10.6 Å². The number of nitrogens with one attached hydrogen (secondary N) is 3. The first-order chi connectivity index (χ1) is 18.0. The molecule has 2 fully saturated rings. The standard InChI is InChI=1S/C28H40FN5O2.C2H6.2H2/c1-17-9-6-7-12-34(17)18(2)13-23(31-24(35)14-20-15-28(4,5)16-20)27(36)30-19(3)26-32-22-11-8-10-21(29)25(22)33-26;1-2;;/h8,10-11,17,19-20,23H,2,6-7,9,12-16H2,1,3-5H3,(H,30,36)(H,31,35)(H,32,33);1-2H3;2*1H/t17-,19+,23-;;;/m0.../s1. The summed E-state index contributed by atoms with van der Waals surface area (Å²) in [7, 11) is 0. The number of hydrogen-bond donors (Lipinski definition) is 3. The van der Waals surface area contributed by atoms with Gasteiger partial charge in [0.05, 0.1) is 11.6 Å². The van der Waals surface area contributed by atoms with E-state index in [2.05, 4.69) is 52.9 Å². The van der Waals surface area contributed by atoms with Crippen LogP contribution in [0.5, 0.6) is 0 Å². The van der Waals surface area contributed by atoms with Gasteiger partial charge < -0.3 is 20.5 Å². The van der Waals surface area contributed by atoms with Gasteiger partial charge in [-0.2, -0.15) is 0 Å². The van der Waals surface area contributed by atoms with Crippen LogP contribution in [0.3, 0.4) is 0 Å². The van der Waals surface area contributed by atoms with Crippen molar-refractivity contribution in [3.63, 3.8) is 0 Å². The summed E-state index contributed by atoms with van der Waals surface area (Å²) in [5.74, 6) is 0.0158. The summed E-state index contributed by atoms with van der Waals surface area (Å²) in [5.41, 5.74) is 1.98. The van der Waals surface area contributed by atoms with Crippen LogP contribution in [0, 0.1) is 17.2 Å². The summed E-state index contributed by atoms with van der Waals surface area (Å²) in [6.45, 7) is 17.6. The molecule has 2 amide bonds. The number of imidazole rings is 1. The highest BCUT2D eigenvalue weighted by atomic mass is 19.1. The van der Waals surface area contributed by atoms with Gasteiger partial charge in [0.1, 0.15) is 17.4 Å². The van der Waals surface area contributed by atoms with Gasteiger partial charge in [0.15, 0.2) is 5.82 Å². The number of para-hydroxylation sites is 1. The van der Waals surface area contributed by atoms with E-state index in [0.717, 1.165) is 37.9 Å². The van der Waals surface area contributed by atoms with Gasteiger partial charge in [-0.1, -0.05) is 40.3 Å². The number of H-pyrrole nitrogens is 1. The van der Waals surface area contributed by atoms with Crippen molar-refractivity contribution >= 4 is 22.8 Å². The summed E-state index contributed by atoms with van der Waals surface area (Å²) in [4.78, 5) is 36.0. The number of benzene rings is 1. The maximum atomic E-state index is 14.1. The molecule has 2 aromatic rings. The van der Waals surface area contributed by atoms with Crippen molar-refractivity contribution in [3.05, 3.63) is 42.1 Å². The molecule has 3 atom stereocenters. The summed E-state index contributed by atoms with van der Waals surface area (Å²) >= 11 is 0. The number of fused-ring (bicyclic) bond motifs is 1. The summed E-state index contributed by atoms with van der Waals surface area (Å²) in [6.07, 6.45) is 6.21. The largest absolute Gasteiger partial charge is 0.373 e. The van der Waals surface area contributed by atoms with Crippen molar-refractivity contribution in [1.29, 1.82) is 0 Å². The fourth-order valence-corrected chi connectivity index (χ4v) is 5.90. The number of rotatable bonds is 9. The van der Waals surface area contributed by atoms with Gasteiger partial charge in [-0.15, -0.1) is 0 Å². The SMILES string of the molecule is C=C(C[C@H](NC(=O)CC1CC(C)(C)C1)C(=O)N[C@H](C)c1nc2c(F)cccc2[nH]1)N1CCCC[C@@H]1C.CC.[HH].[HH]. The number of likely N-dealkylation sites (tertiary alicyclic amines) is 1. The minimum absolute atomic E-state index is 0. The third kappa shape index (κ3) is 7.35.